The summed E-state index contributed by atoms with van der Waals surface area (Å²) < 4.78 is 5.82. The number of aryl methyl sites for hydroxylation is 1. The SMILES string of the molecule is COc1ccc(Nc2ccc(CCC(=O)O)cc2)cc1C1(C)CC2CC3CC(C1)C3C2. The molecular formula is C27H33NO3. The second-order valence-corrected chi connectivity index (χ2v) is 10.4. The zero-order chi connectivity index (χ0) is 21.6. The Morgan fingerprint density at radius 2 is 1.84 bits per heavy atom. The van der Waals surface area contributed by atoms with E-state index in [9.17, 15) is 4.79 Å². The lowest BCUT2D eigenvalue weighted by atomic mass is 9.59. The number of hydrogen-bond acceptors (Lipinski definition) is 3. The third kappa shape index (κ3) is 3.93. The standard InChI is InChI=1S/C27H33NO3/c1-27(15-18-11-19-13-20(16-27)23(19)12-18)24-14-22(8-9-25(24)31-2)28-21-6-3-17(4-7-21)5-10-26(29)30/h3-4,6-9,14,18-20,23,28H,5,10-13,15-16H2,1-2H3,(H,29,30). The quantitative estimate of drug-likeness (QED) is 0.563. The number of carboxylic acids is 1. The van der Waals surface area contributed by atoms with Crippen molar-refractivity contribution >= 4 is 17.3 Å². The second-order valence-electron chi connectivity index (χ2n) is 10.4. The maximum absolute atomic E-state index is 10.8. The third-order valence-electron chi connectivity index (χ3n) is 8.23. The fourth-order valence-electron chi connectivity index (χ4n) is 6.84. The zero-order valence-corrected chi connectivity index (χ0v) is 18.6. The predicted molar refractivity (Wildman–Crippen MR) is 123 cm³/mol. The number of ether oxygens (including phenoxy) is 1. The number of rotatable bonds is 7. The number of carbonyl (C=O) groups is 1. The lowest BCUT2D eigenvalue weighted by Gasteiger charge is -2.46. The summed E-state index contributed by atoms with van der Waals surface area (Å²) in [6, 6.07) is 14.6. The summed E-state index contributed by atoms with van der Waals surface area (Å²) in [5.41, 5.74) is 4.65. The highest BCUT2D eigenvalue weighted by atomic mass is 16.5. The molecule has 2 aromatic rings. The van der Waals surface area contributed by atoms with Crippen molar-refractivity contribution in [3.05, 3.63) is 53.6 Å². The molecule has 0 aromatic heterocycles. The number of fused-ring (bicyclic) bond motifs is 1. The van der Waals surface area contributed by atoms with E-state index in [0.717, 1.165) is 46.4 Å². The molecule has 2 bridgehead atoms. The Kier molecular flexibility index (Phi) is 5.19. The summed E-state index contributed by atoms with van der Waals surface area (Å²) in [7, 11) is 1.79. The van der Waals surface area contributed by atoms with Gasteiger partial charge in [-0.3, -0.25) is 4.79 Å². The molecule has 0 spiro atoms. The maximum Gasteiger partial charge on any atom is 0.303 e. The van der Waals surface area contributed by atoms with Crippen LogP contribution in [0.3, 0.4) is 0 Å². The Morgan fingerprint density at radius 3 is 2.58 bits per heavy atom. The van der Waals surface area contributed by atoms with Gasteiger partial charge in [-0.2, -0.15) is 0 Å². The Labute approximate surface area is 185 Å². The molecular weight excluding hydrogens is 386 g/mol. The van der Waals surface area contributed by atoms with Crippen molar-refractivity contribution in [2.24, 2.45) is 23.7 Å². The molecule has 2 N–H and O–H groups in total. The summed E-state index contributed by atoms with van der Waals surface area (Å²) in [6.45, 7) is 2.46. The molecule has 3 fully saturated rings. The van der Waals surface area contributed by atoms with Crippen molar-refractivity contribution in [1.29, 1.82) is 0 Å². The van der Waals surface area contributed by atoms with Gasteiger partial charge in [0.05, 0.1) is 7.11 Å². The van der Waals surface area contributed by atoms with Gasteiger partial charge in [-0.25, -0.2) is 0 Å². The molecule has 0 radical (unpaired) electrons. The Bertz CT molecular complexity index is 963. The molecule has 3 aliphatic rings. The summed E-state index contributed by atoms with van der Waals surface area (Å²) >= 11 is 0. The number of anilines is 2. The highest BCUT2D eigenvalue weighted by molar-refractivity contribution is 5.67. The van der Waals surface area contributed by atoms with Crippen LogP contribution in [0.4, 0.5) is 11.4 Å². The lowest BCUT2D eigenvalue weighted by molar-refractivity contribution is -0.136. The van der Waals surface area contributed by atoms with Crippen LogP contribution in [0.15, 0.2) is 42.5 Å². The van der Waals surface area contributed by atoms with Crippen LogP contribution in [0.1, 0.15) is 56.6 Å². The van der Waals surface area contributed by atoms with Crippen LogP contribution in [-0.2, 0) is 16.6 Å². The number of methoxy groups -OCH3 is 1. The van der Waals surface area contributed by atoms with Gasteiger partial charge in [0.15, 0.2) is 0 Å². The van der Waals surface area contributed by atoms with Crippen LogP contribution in [0.5, 0.6) is 5.75 Å². The lowest BCUT2D eigenvalue weighted by Crippen LogP contribution is -2.38. The molecule has 5 atom stereocenters. The summed E-state index contributed by atoms with van der Waals surface area (Å²) in [5, 5.41) is 12.4. The van der Waals surface area contributed by atoms with Crippen molar-refractivity contribution in [3.63, 3.8) is 0 Å². The third-order valence-corrected chi connectivity index (χ3v) is 8.23. The highest BCUT2D eigenvalue weighted by Gasteiger charge is 2.54. The van der Waals surface area contributed by atoms with Gasteiger partial charge in [0.1, 0.15) is 5.75 Å². The molecule has 5 unspecified atom stereocenters. The van der Waals surface area contributed by atoms with Crippen LogP contribution in [0, 0.1) is 23.7 Å². The molecule has 3 aliphatic carbocycles. The Hall–Kier alpha value is -2.49. The average molecular weight is 420 g/mol. The first kappa shape index (κ1) is 20.4. The number of aliphatic carboxylic acids is 1. The normalized spacial score (nSPS) is 30.9. The minimum Gasteiger partial charge on any atom is -0.496 e. The van der Waals surface area contributed by atoms with Gasteiger partial charge < -0.3 is 15.2 Å². The van der Waals surface area contributed by atoms with Gasteiger partial charge in [-0.05, 0) is 104 Å². The van der Waals surface area contributed by atoms with E-state index in [4.69, 9.17) is 9.84 Å². The minimum absolute atomic E-state index is 0.163. The van der Waals surface area contributed by atoms with E-state index in [0.29, 0.717) is 6.42 Å². The Morgan fingerprint density at radius 1 is 1.06 bits per heavy atom. The van der Waals surface area contributed by atoms with Gasteiger partial charge in [0, 0.05) is 23.4 Å². The van der Waals surface area contributed by atoms with E-state index in [1.807, 2.05) is 24.3 Å². The summed E-state index contributed by atoms with van der Waals surface area (Å²) in [5.74, 6) is 4.01. The molecule has 4 heteroatoms. The predicted octanol–water partition coefficient (Wildman–Crippen LogP) is 6.17. The van der Waals surface area contributed by atoms with E-state index < -0.39 is 5.97 Å². The van der Waals surface area contributed by atoms with E-state index in [1.54, 1.807) is 7.11 Å². The molecule has 31 heavy (non-hydrogen) atoms. The van der Waals surface area contributed by atoms with Gasteiger partial charge in [-0.1, -0.05) is 19.1 Å². The van der Waals surface area contributed by atoms with E-state index >= 15 is 0 Å². The minimum atomic E-state index is -0.759. The molecule has 2 aromatic carbocycles. The monoisotopic (exact) mass is 419 g/mol. The van der Waals surface area contributed by atoms with Crippen LogP contribution in [0.25, 0.3) is 0 Å². The van der Waals surface area contributed by atoms with E-state index in [-0.39, 0.29) is 11.8 Å². The Balaban J connectivity index is 1.37. The van der Waals surface area contributed by atoms with Crippen LogP contribution < -0.4 is 10.1 Å². The zero-order valence-electron chi connectivity index (χ0n) is 18.6. The van der Waals surface area contributed by atoms with E-state index in [1.165, 1.54) is 37.7 Å². The van der Waals surface area contributed by atoms with Crippen molar-refractivity contribution < 1.29 is 14.6 Å². The molecule has 0 amide bonds. The van der Waals surface area contributed by atoms with Gasteiger partial charge >= 0.3 is 5.97 Å². The molecule has 5 rings (SSSR count). The maximum atomic E-state index is 10.8. The number of nitrogens with one attached hydrogen (secondary N) is 1. The number of benzene rings is 2. The molecule has 3 saturated carbocycles. The fourth-order valence-corrected chi connectivity index (χ4v) is 6.84. The highest BCUT2D eigenvalue weighted by Crippen LogP contribution is 2.63. The van der Waals surface area contributed by atoms with Crippen molar-refractivity contribution in [2.75, 3.05) is 12.4 Å². The van der Waals surface area contributed by atoms with Crippen LogP contribution >= 0.6 is 0 Å². The first-order valence-corrected chi connectivity index (χ1v) is 11.7. The largest absolute Gasteiger partial charge is 0.496 e. The smallest absolute Gasteiger partial charge is 0.303 e. The van der Waals surface area contributed by atoms with Gasteiger partial charge in [0.2, 0.25) is 0 Å². The fraction of sp³-hybridized carbons (Fsp3) is 0.519. The topological polar surface area (TPSA) is 58.6 Å². The number of carboxylic acid groups (broad SMARTS) is 1. The van der Waals surface area contributed by atoms with Crippen molar-refractivity contribution in [1.82, 2.24) is 0 Å². The van der Waals surface area contributed by atoms with E-state index in [2.05, 4.69) is 30.4 Å². The molecule has 0 heterocycles. The molecule has 4 nitrogen and oxygen atoms in total. The average Bonchev–Trinajstić information content (AvgIpc) is 3.00. The van der Waals surface area contributed by atoms with Crippen molar-refractivity contribution in [3.8, 4) is 5.75 Å². The first-order valence-electron chi connectivity index (χ1n) is 11.7. The van der Waals surface area contributed by atoms with Gasteiger partial charge in [0.25, 0.3) is 0 Å². The first-order chi connectivity index (χ1) is 14.9. The molecule has 164 valence electrons. The molecule has 0 saturated heterocycles. The van der Waals surface area contributed by atoms with Crippen molar-refractivity contribution in [2.45, 2.75) is 57.3 Å². The second kappa shape index (κ2) is 7.89. The number of hydrogen-bond donors (Lipinski definition) is 2. The van der Waals surface area contributed by atoms with Crippen LogP contribution in [0.2, 0.25) is 0 Å². The van der Waals surface area contributed by atoms with Crippen LogP contribution in [-0.4, -0.2) is 18.2 Å². The molecule has 0 aliphatic heterocycles. The summed E-state index contributed by atoms with van der Waals surface area (Å²) in [4.78, 5) is 10.8. The summed E-state index contributed by atoms with van der Waals surface area (Å²) in [6.07, 6.45) is 7.59. The van der Waals surface area contributed by atoms with Gasteiger partial charge in [-0.15, -0.1) is 0 Å².